The number of nitrogens with one attached hydrogen (secondary N) is 1. The Morgan fingerprint density at radius 2 is 1.81 bits per heavy atom. The van der Waals surface area contributed by atoms with Crippen LogP contribution in [0, 0.1) is 6.92 Å². The number of rotatable bonds is 9. The van der Waals surface area contributed by atoms with Crippen molar-refractivity contribution in [3.8, 4) is 0 Å². The van der Waals surface area contributed by atoms with Gasteiger partial charge in [-0.15, -0.1) is 11.8 Å². The fourth-order valence-corrected chi connectivity index (χ4v) is 4.97. The van der Waals surface area contributed by atoms with Crippen LogP contribution in [0.5, 0.6) is 0 Å². The van der Waals surface area contributed by atoms with Crippen molar-refractivity contribution in [2.75, 3.05) is 25.4 Å². The highest BCUT2D eigenvalue weighted by Crippen LogP contribution is 2.19. The molecule has 1 aromatic carbocycles. The minimum Gasteiger partial charge on any atom is -0.350 e. The van der Waals surface area contributed by atoms with E-state index in [1.54, 1.807) is 37.2 Å². The predicted octanol–water partition coefficient (Wildman–Crippen LogP) is 2.89. The Morgan fingerprint density at radius 1 is 1.19 bits per heavy atom. The summed E-state index contributed by atoms with van der Waals surface area (Å²) in [6.45, 7) is 6.92. The molecule has 2 rings (SSSR count). The van der Waals surface area contributed by atoms with Crippen LogP contribution >= 0.6 is 11.8 Å². The van der Waals surface area contributed by atoms with Crippen molar-refractivity contribution in [3.05, 3.63) is 47.8 Å². The molecule has 148 valence electrons. The Bertz CT molecular complexity index is 870. The van der Waals surface area contributed by atoms with Crippen molar-refractivity contribution in [2.24, 2.45) is 7.05 Å². The van der Waals surface area contributed by atoms with E-state index in [1.807, 2.05) is 6.92 Å². The van der Waals surface area contributed by atoms with Crippen molar-refractivity contribution in [3.63, 3.8) is 0 Å². The Morgan fingerprint density at radius 3 is 2.41 bits per heavy atom. The molecule has 1 heterocycles. The molecule has 1 N–H and O–H groups in total. The highest BCUT2D eigenvalue weighted by molar-refractivity contribution is 7.99. The molecule has 27 heavy (non-hydrogen) atoms. The standard InChI is InChI=1S/C19H27N3O3S2/c1-5-22(6-2)27(24,25)17-13-18(21(4)14-17)19(23)20-11-12-26-16-9-7-15(3)8-10-16/h7-10,13-14H,5-6,11-12H2,1-4H3,(H,20,23). The summed E-state index contributed by atoms with van der Waals surface area (Å²) in [7, 11) is -1.89. The first-order valence-electron chi connectivity index (χ1n) is 8.93. The summed E-state index contributed by atoms with van der Waals surface area (Å²) >= 11 is 1.67. The van der Waals surface area contributed by atoms with Crippen molar-refractivity contribution < 1.29 is 13.2 Å². The third-order valence-corrected chi connectivity index (χ3v) is 7.26. The van der Waals surface area contributed by atoms with Gasteiger partial charge in [-0.25, -0.2) is 8.42 Å². The van der Waals surface area contributed by atoms with Gasteiger partial charge in [0.05, 0.1) is 0 Å². The van der Waals surface area contributed by atoms with Crippen LogP contribution in [0.1, 0.15) is 29.9 Å². The van der Waals surface area contributed by atoms with Gasteiger partial charge >= 0.3 is 0 Å². The zero-order valence-corrected chi connectivity index (χ0v) is 17.9. The zero-order valence-electron chi connectivity index (χ0n) is 16.2. The molecule has 0 aliphatic heterocycles. The van der Waals surface area contributed by atoms with E-state index >= 15 is 0 Å². The van der Waals surface area contributed by atoms with E-state index in [2.05, 4.69) is 29.6 Å². The van der Waals surface area contributed by atoms with E-state index in [4.69, 9.17) is 0 Å². The number of hydrogen-bond acceptors (Lipinski definition) is 4. The molecule has 0 aliphatic rings. The largest absolute Gasteiger partial charge is 0.350 e. The summed E-state index contributed by atoms with van der Waals surface area (Å²) in [6, 6.07) is 9.67. The maximum Gasteiger partial charge on any atom is 0.267 e. The van der Waals surface area contributed by atoms with Gasteiger partial charge in [-0.1, -0.05) is 31.5 Å². The van der Waals surface area contributed by atoms with Crippen LogP contribution < -0.4 is 5.32 Å². The van der Waals surface area contributed by atoms with Crippen LogP contribution in [0.25, 0.3) is 0 Å². The molecule has 8 heteroatoms. The molecular formula is C19H27N3O3S2. The van der Waals surface area contributed by atoms with Gasteiger partial charge in [-0.05, 0) is 25.1 Å². The normalized spacial score (nSPS) is 11.7. The van der Waals surface area contributed by atoms with Crippen LogP contribution in [0.4, 0.5) is 0 Å². The molecule has 2 aromatic rings. The van der Waals surface area contributed by atoms with Gasteiger partial charge in [0, 0.05) is 43.5 Å². The van der Waals surface area contributed by atoms with Crippen LogP contribution in [0.3, 0.4) is 0 Å². The van der Waals surface area contributed by atoms with Gasteiger partial charge in [0.15, 0.2) is 0 Å². The van der Waals surface area contributed by atoms with E-state index in [0.29, 0.717) is 25.3 Å². The average Bonchev–Trinajstić information content (AvgIpc) is 3.03. The first-order chi connectivity index (χ1) is 12.8. The minimum absolute atomic E-state index is 0.146. The Kier molecular flexibility index (Phi) is 7.52. The SMILES string of the molecule is CCN(CC)S(=O)(=O)c1cc(C(=O)NCCSc2ccc(C)cc2)n(C)c1. The molecular weight excluding hydrogens is 382 g/mol. The molecule has 0 fully saturated rings. The second kappa shape index (κ2) is 9.43. The summed E-state index contributed by atoms with van der Waals surface area (Å²) in [4.78, 5) is 13.7. The van der Waals surface area contributed by atoms with Gasteiger partial charge in [-0.2, -0.15) is 4.31 Å². The second-order valence-electron chi connectivity index (χ2n) is 6.18. The molecule has 6 nitrogen and oxygen atoms in total. The number of amides is 1. The summed E-state index contributed by atoms with van der Waals surface area (Å²) in [5, 5.41) is 2.85. The number of sulfonamides is 1. The average molecular weight is 410 g/mol. The summed E-state index contributed by atoms with van der Waals surface area (Å²) in [5.74, 6) is 0.465. The summed E-state index contributed by atoms with van der Waals surface area (Å²) in [5.41, 5.74) is 1.55. The van der Waals surface area contributed by atoms with Gasteiger partial charge < -0.3 is 9.88 Å². The van der Waals surface area contributed by atoms with Gasteiger partial charge in [0.1, 0.15) is 10.6 Å². The van der Waals surface area contributed by atoms with Crippen LogP contribution in [0.2, 0.25) is 0 Å². The van der Waals surface area contributed by atoms with E-state index < -0.39 is 10.0 Å². The lowest BCUT2D eigenvalue weighted by Crippen LogP contribution is -2.30. The lowest BCUT2D eigenvalue weighted by Gasteiger charge is -2.17. The summed E-state index contributed by atoms with van der Waals surface area (Å²) in [6.07, 6.45) is 1.49. The molecule has 0 aliphatic carbocycles. The third-order valence-electron chi connectivity index (χ3n) is 4.23. The van der Waals surface area contributed by atoms with Gasteiger partial charge in [-0.3, -0.25) is 4.79 Å². The van der Waals surface area contributed by atoms with E-state index in [0.717, 1.165) is 10.6 Å². The molecule has 0 saturated heterocycles. The van der Waals surface area contributed by atoms with Gasteiger partial charge in [0.25, 0.3) is 5.91 Å². The smallest absolute Gasteiger partial charge is 0.267 e. The minimum atomic E-state index is -3.57. The van der Waals surface area contributed by atoms with Crippen LogP contribution in [-0.2, 0) is 17.1 Å². The predicted molar refractivity (Wildman–Crippen MR) is 110 cm³/mol. The van der Waals surface area contributed by atoms with Crippen LogP contribution in [0.15, 0.2) is 46.3 Å². The highest BCUT2D eigenvalue weighted by atomic mass is 32.2. The van der Waals surface area contributed by atoms with Crippen LogP contribution in [-0.4, -0.2) is 48.6 Å². The zero-order chi connectivity index (χ0) is 20.0. The quantitative estimate of drug-likeness (QED) is 0.511. The van der Waals surface area contributed by atoms with Gasteiger partial charge in [0.2, 0.25) is 10.0 Å². The first-order valence-corrected chi connectivity index (χ1v) is 11.4. The molecule has 0 bridgehead atoms. The third kappa shape index (κ3) is 5.37. The van der Waals surface area contributed by atoms with Crippen molar-refractivity contribution >= 4 is 27.7 Å². The Labute approximate surface area is 166 Å². The number of carbonyl (C=O) groups is 1. The maximum absolute atomic E-state index is 12.6. The molecule has 0 radical (unpaired) electrons. The monoisotopic (exact) mass is 409 g/mol. The number of aromatic nitrogens is 1. The van der Waals surface area contributed by atoms with Crippen molar-refractivity contribution in [1.82, 2.24) is 14.2 Å². The number of thioether (sulfide) groups is 1. The molecule has 1 aromatic heterocycles. The number of nitrogens with zero attached hydrogens (tertiary/aromatic N) is 2. The lowest BCUT2D eigenvalue weighted by atomic mass is 10.2. The Hall–Kier alpha value is -1.77. The number of carbonyl (C=O) groups excluding carboxylic acids is 1. The van der Waals surface area contributed by atoms with E-state index in [-0.39, 0.29) is 10.8 Å². The van der Waals surface area contributed by atoms with E-state index in [9.17, 15) is 13.2 Å². The number of aryl methyl sites for hydroxylation is 2. The topological polar surface area (TPSA) is 71.4 Å². The molecule has 0 saturated carbocycles. The van der Waals surface area contributed by atoms with E-state index in [1.165, 1.54) is 22.1 Å². The fourth-order valence-electron chi connectivity index (χ4n) is 2.67. The lowest BCUT2D eigenvalue weighted by molar-refractivity contribution is 0.0948. The van der Waals surface area contributed by atoms with Crippen molar-refractivity contribution in [1.29, 1.82) is 0 Å². The maximum atomic E-state index is 12.6. The fraction of sp³-hybridized carbons (Fsp3) is 0.421. The molecule has 0 spiro atoms. The highest BCUT2D eigenvalue weighted by Gasteiger charge is 2.25. The second-order valence-corrected chi connectivity index (χ2v) is 9.28. The first kappa shape index (κ1) is 21.5. The summed E-state index contributed by atoms with van der Waals surface area (Å²) < 4.78 is 28.1. The molecule has 0 unspecified atom stereocenters. The number of hydrogen-bond donors (Lipinski definition) is 1. The molecule has 0 atom stereocenters. The Balaban J connectivity index is 1.96. The number of benzene rings is 1. The molecule has 1 amide bonds. The van der Waals surface area contributed by atoms with Crippen molar-refractivity contribution in [2.45, 2.75) is 30.6 Å².